The van der Waals surface area contributed by atoms with E-state index in [1.165, 1.54) is 50.5 Å². The van der Waals surface area contributed by atoms with E-state index in [4.69, 9.17) is 5.73 Å². The largest absolute Gasteiger partial charge is 0.327 e. The zero-order valence-electron chi connectivity index (χ0n) is 13.9. The highest BCUT2D eigenvalue weighted by molar-refractivity contribution is 4.98. The first kappa shape index (κ1) is 18.7. The number of unbranched alkanes of at least 4 members (excludes halogenated alkanes) is 1. The van der Waals surface area contributed by atoms with Crippen molar-refractivity contribution in [1.29, 1.82) is 0 Å². The highest BCUT2D eigenvalue weighted by Gasteiger charge is 2.15. The van der Waals surface area contributed by atoms with Crippen LogP contribution >= 0.6 is 0 Å². The molecule has 0 aliphatic heterocycles. The van der Waals surface area contributed by atoms with Crippen molar-refractivity contribution in [3.8, 4) is 0 Å². The number of hydrogen-bond donors (Lipinski definition) is 1. The molecule has 0 aromatic carbocycles. The van der Waals surface area contributed by atoms with Gasteiger partial charge in [-0.25, -0.2) is 0 Å². The van der Waals surface area contributed by atoms with E-state index in [1.54, 1.807) is 0 Å². The van der Waals surface area contributed by atoms with Gasteiger partial charge in [-0.1, -0.05) is 78.4 Å². The third kappa shape index (κ3) is 9.27. The molecule has 2 unspecified atom stereocenters. The van der Waals surface area contributed by atoms with Crippen molar-refractivity contribution < 1.29 is 0 Å². The molecule has 0 aromatic heterocycles. The van der Waals surface area contributed by atoms with E-state index in [9.17, 15) is 0 Å². The molecule has 0 fully saturated rings. The molecular weight excluding hydrogens is 230 g/mol. The second-order valence-electron chi connectivity index (χ2n) is 6.38. The zero-order valence-corrected chi connectivity index (χ0v) is 13.9. The fourth-order valence-corrected chi connectivity index (χ4v) is 2.99. The molecule has 2 N–H and O–H groups in total. The zero-order chi connectivity index (χ0) is 14.7. The van der Waals surface area contributed by atoms with Gasteiger partial charge in [0.25, 0.3) is 0 Å². The van der Waals surface area contributed by atoms with E-state index in [0.29, 0.717) is 12.0 Å². The summed E-state index contributed by atoms with van der Waals surface area (Å²) in [7, 11) is 0. The van der Waals surface area contributed by atoms with Gasteiger partial charge in [0, 0.05) is 6.04 Å². The number of rotatable bonds is 12. The molecule has 0 aliphatic carbocycles. The molecule has 1 nitrogen and oxygen atoms in total. The molecular formula is C18H37N. The van der Waals surface area contributed by atoms with Gasteiger partial charge in [-0.15, -0.1) is 0 Å². The monoisotopic (exact) mass is 267 g/mol. The van der Waals surface area contributed by atoms with E-state index in [-0.39, 0.29) is 0 Å². The van der Waals surface area contributed by atoms with E-state index in [0.717, 1.165) is 18.8 Å². The SMILES string of the molecule is C=C(CC(CCC)CCC)CC(C)C(N)CCCC. The first-order valence-electron chi connectivity index (χ1n) is 8.47. The molecule has 1 heteroatoms. The van der Waals surface area contributed by atoms with E-state index >= 15 is 0 Å². The Morgan fingerprint density at radius 2 is 1.53 bits per heavy atom. The number of allylic oxidation sites excluding steroid dienone is 1. The van der Waals surface area contributed by atoms with Crippen LogP contribution in [-0.4, -0.2) is 6.04 Å². The molecule has 0 rings (SSSR count). The molecule has 19 heavy (non-hydrogen) atoms. The molecule has 0 amide bonds. The van der Waals surface area contributed by atoms with Crippen molar-refractivity contribution >= 4 is 0 Å². The van der Waals surface area contributed by atoms with Crippen molar-refractivity contribution in [3.63, 3.8) is 0 Å². The first-order chi connectivity index (χ1) is 9.04. The van der Waals surface area contributed by atoms with Gasteiger partial charge in [-0.3, -0.25) is 0 Å². The highest BCUT2D eigenvalue weighted by atomic mass is 14.6. The molecule has 0 heterocycles. The number of hydrogen-bond acceptors (Lipinski definition) is 1. The summed E-state index contributed by atoms with van der Waals surface area (Å²) in [5.74, 6) is 1.43. The van der Waals surface area contributed by atoms with Gasteiger partial charge in [0.15, 0.2) is 0 Å². The Morgan fingerprint density at radius 3 is 2.00 bits per heavy atom. The summed E-state index contributed by atoms with van der Waals surface area (Å²) >= 11 is 0. The molecule has 0 aromatic rings. The Labute approximate surface area is 122 Å². The normalized spacial score (nSPS) is 14.6. The van der Waals surface area contributed by atoms with Crippen molar-refractivity contribution in [3.05, 3.63) is 12.2 Å². The van der Waals surface area contributed by atoms with Crippen LogP contribution < -0.4 is 5.73 Å². The number of nitrogens with two attached hydrogens (primary N) is 1. The van der Waals surface area contributed by atoms with Gasteiger partial charge >= 0.3 is 0 Å². The molecule has 2 atom stereocenters. The summed E-state index contributed by atoms with van der Waals surface area (Å²) in [5.41, 5.74) is 7.68. The van der Waals surface area contributed by atoms with Gasteiger partial charge in [-0.2, -0.15) is 0 Å². The summed E-state index contributed by atoms with van der Waals surface area (Å²) in [5, 5.41) is 0. The highest BCUT2D eigenvalue weighted by Crippen LogP contribution is 2.26. The molecule has 114 valence electrons. The van der Waals surface area contributed by atoms with Gasteiger partial charge in [0.2, 0.25) is 0 Å². The maximum atomic E-state index is 6.26. The van der Waals surface area contributed by atoms with Crippen LogP contribution in [0.4, 0.5) is 0 Å². The van der Waals surface area contributed by atoms with E-state index in [2.05, 4.69) is 34.3 Å². The Kier molecular flexibility index (Phi) is 11.3. The van der Waals surface area contributed by atoms with Crippen LogP contribution in [0.5, 0.6) is 0 Å². The fraction of sp³-hybridized carbons (Fsp3) is 0.889. The minimum atomic E-state index is 0.354. The Hall–Kier alpha value is -0.300. The summed E-state index contributed by atoms with van der Waals surface area (Å²) in [4.78, 5) is 0. The Balaban J connectivity index is 4.05. The molecule has 0 radical (unpaired) electrons. The van der Waals surface area contributed by atoms with Crippen LogP contribution in [0.25, 0.3) is 0 Å². The van der Waals surface area contributed by atoms with E-state index in [1.807, 2.05) is 0 Å². The summed E-state index contributed by atoms with van der Waals surface area (Å²) in [6.07, 6.45) is 11.3. The average molecular weight is 268 g/mol. The van der Waals surface area contributed by atoms with Crippen molar-refractivity contribution in [2.24, 2.45) is 17.6 Å². The van der Waals surface area contributed by atoms with Gasteiger partial charge < -0.3 is 5.73 Å². The van der Waals surface area contributed by atoms with Crippen molar-refractivity contribution in [1.82, 2.24) is 0 Å². The van der Waals surface area contributed by atoms with Crippen LogP contribution in [-0.2, 0) is 0 Å². The van der Waals surface area contributed by atoms with Gasteiger partial charge in [-0.05, 0) is 31.1 Å². The Bertz CT molecular complexity index is 216. The maximum Gasteiger partial charge on any atom is 0.00675 e. The first-order valence-corrected chi connectivity index (χ1v) is 8.47. The second kappa shape index (κ2) is 11.5. The lowest BCUT2D eigenvalue weighted by Gasteiger charge is -2.23. The fourth-order valence-electron chi connectivity index (χ4n) is 2.99. The smallest absolute Gasteiger partial charge is 0.00675 e. The van der Waals surface area contributed by atoms with Crippen LogP contribution in [0.1, 0.15) is 85.5 Å². The van der Waals surface area contributed by atoms with Gasteiger partial charge in [0.1, 0.15) is 0 Å². The Morgan fingerprint density at radius 1 is 0.947 bits per heavy atom. The minimum absolute atomic E-state index is 0.354. The molecule has 0 saturated carbocycles. The van der Waals surface area contributed by atoms with Gasteiger partial charge in [0.05, 0.1) is 0 Å². The molecule has 0 aliphatic rings. The standard InChI is InChI=1S/C18H37N/c1-6-9-12-18(19)16(5)13-15(4)14-17(10-7-2)11-8-3/h16-18H,4,6-14,19H2,1-3,5H3. The lowest BCUT2D eigenvalue weighted by molar-refractivity contribution is 0.390. The second-order valence-corrected chi connectivity index (χ2v) is 6.38. The molecule has 0 saturated heterocycles. The lowest BCUT2D eigenvalue weighted by atomic mass is 9.85. The summed E-state index contributed by atoms with van der Waals surface area (Å²) < 4.78 is 0. The van der Waals surface area contributed by atoms with Crippen LogP contribution in [0.15, 0.2) is 12.2 Å². The van der Waals surface area contributed by atoms with E-state index < -0.39 is 0 Å². The average Bonchev–Trinajstić information content (AvgIpc) is 2.36. The molecule has 0 spiro atoms. The maximum absolute atomic E-state index is 6.26. The van der Waals surface area contributed by atoms with Crippen LogP contribution in [0.3, 0.4) is 0 Å². The van der Waals surface area contributed by atoms with Crippen LogP contribution in [0.2, 0.25) is 0 Å². The third-order valence-electron chi connectivity index (χ3n) is 4.20. The minimum Gasteiger partial charge on any atom is -0.327 e. The predicted molar refractivity (Wildman–Crippen MR) is 88.3 cm³/mol. The molecule has 0 bridgehead atoms. The van der Waals surface area contributed by atoms with Crippen molar-refractivity contribution in [2.75, 3.05) is 0 Å². The van der Waals surface area contributed by atoms with Crippen molar-refractivity contribution in [2.45, 2.75) is 91.5 Å². The third-order valence-corrected chi connectivity index (χ3v) is 4.20. The lowest BCUT2D eigenvalue weighted by Crippen LogP contribution is -2.28. The topological polar surface area (TPSA) is 26.0 Å². The quantitative estimate of drug-likeness (QED) is 0.451. The van der Waals surface area contributed by atoms with Crippen LogP contribution in [0, 0.1) is 11.8 Å². The summed E-state index contributed by atoms with van der Waals surface area (Å²) in [6, 6.07) is 0.354. The summed E-state index contributed by atoms with van der Waals surface area (Å²) in [6.45, 7) is 13.4. The predicted octanol–water partition coefficient (Wildman–Crippen LogP) is 5.69.